The number of carbonyl (C=O) groups is 1. The van der Waals surface area contributed by atoms with Crippen molar-refractivity contribution in [3.63, 3.8) is 0 Å². The van der Waals surface area contributed by atoms with E-state index in [-0.39, 0.29) is 10.6 Å². The number of fused-ring (bicyclic) bond motifs is 1. The topological polar surface area (TPSA) is 57.7 Å². The highest BCUT2D eigenvalue weighted by Gasteiger charge is 2.36. The molecule has 1 aliphatic heterocycles. The number of benzene rings is 3. The van der Waals surface area contributed by atoms with Crippen LogP contribution < -0.4 is 9.21 Å². The maximum Gasteiger partial charge on any atom is 0.417 e. The van der Waals surface area contributed by atoms with Crippen LogP contribution in [0.4, 0.5) is 24.5 Å². The van der Waals surface area contributed by atoms with Crippen LogP contribution in [0.15, 0.2) is 77.7 Å². The minimum Gasteiger partial charge on any atom is -0.310 e. The number of carbonyl (C=O) groups excluding carboxylic acids is 1. The standard InChI is InChI=1S/C23H18ClF3N2O3S/c24-20-11-10-17(14-19(20)23(25,26)27)29(33(31,32)18-7-2-1-3-8-18)15-22(30)28-13-12-16-6-4-5-9-21(16)28/h1-11,14H,12-13,15H2. The average molecular weight is 495 g/mol. The number of halogens is 4. The highest BCUT2D eigenvalue weighted by molar-refractivity contribution is 7.92. The maximum atomic E-state index is 13.5. The summed E-state index contributed by atoms with van der Waals surface area (Å²) in [5, 5.41) is -0.567. The van der Waals surface area contributed by atoms with Crippen LogP contribution in [0.1, 0.15) is 11.1 Å². The van der Waals surface area contributed by atoms with E-state index in [9.17, 15) is 26.4 Å². The molecule has 3 aromatic rings. The van der Waals surface area contributed by atoms with Gasteiger partial charge in [-0.05, 0) is 48.4 Å². The molecule has 0 aromatic heterocycles. The summed E-state index contributed by atoms with van der Waals surface area (Å²) in [5.74, 6) is -0.553. The lowest BCUT2D eigenvalue weighted by Gasteiger charge is -2.27. The van der Waals surface area contributed by atoms with Crippen LogP contribution in [0.2, 0.25) is 5.02 Å². The summed E-state index contributed by atoms with van der Waals surface area (Å²) in [7, 11) is -4.36. The minimum atomic E-state index is -4.80. The van der Waals surface area contributed by atoms with E-state index in [1.54, 1.807) is 18.2 Å². The minimum absolute atomic E-state index is 0.150. The van der Waals surface area contributed by atoms with Gasteiger partial charge in [0.25, 0.3) is 10.0 Å². The predicted molar refractivity (Wildman–Crippen MR) is 120 cm³/mol. The van der Waals surface area contributed by atoms with Gasteiger partial charge in [-0.25, -0.2) is 8.42 Å². The van der Waals surface area contributed by atoms with Crippen molar-refractivity contribution in [1.82, 2.24) is 0 Å². The molecule has 3 aromatic carbocycles. The molecule has 1 aliphatic rings. The fraction of sp³-hybridized carbons (Fsp3) is 0.174. The Morgan fingerprint density at radius 1 is 1.00 bits per heavy atom. The Labute approximate surface area is 194 Å². The Balaban J connectivity index is 1.77. The van der Waals surface area contributed by atoms with E-state index >= 15 is 0 Å². The molecule has 0 saturated carbocycles. The van der Waals surface area contributed by atoms with Crippen molar-refractivity contribution < 1.29 is 26.4 Å². The summed E-state index contributed by atoms with van der Waals surface area (Å²) in [4.78, 5) is 14.5. The third-order valence-corrected chi connectivity index (χ3v) is 7.46. The molecular weight excluding hydrogens is 477 g/mol. The second-order valence-electron chi connectivity index (χ2n) is 7.41. The molecule has 0 spiro atoms. The van der Waals surface area contributed by atoms with Crippen LogP contribution in [0.25, 0.3) is 0 Å². The highest BCUT2D eigenvalue weighted by atomic mass is 35.5. The van der Waals surface area contributed by atoms with Gasteiger partial charge in [0.05, 0.1) is 21.2 Å². The number of rotatable bonds is 5. The molecule has 4 rings (SSSR count). The van der Waals surface area contributed by atoms with Gasteiger partial charge in [0.15, 0.2) is 0 Å². The zero-order valence-corrected chi connectivity index (χ0v) is 18.7. The SMILES string of the molecule is O=C(CN(c1ccc(Cl)c(C(F)(F)F)c1)S(=O)(=O)c1ccccc1)N1CCc2ccccc21. The molecule has 0 aliphatic carbocycles. The zero-order valence-electron chi connectivity index (χ0n) is 17.1. The smallest absolute Gasteiger partial charge is 0.310 e. The van der Waals surface area contributed by atoms with Gasteiger partial charge in [-0.2, -0.15) is 13.2 Å². The van der Waals surface area contributed by atoms with Gasteiger partial charge in [-0.3, -0.25) is 9.10 Å². The molecule has 10 heteroatoms. The Morgan fingerprint density at radius 3 is 2.36 bits per heavy atom. The summed E-state index contributed by atoms with van der Waals surface area (Å²) >= 11 is 5.72. The monoisotopic (exact) mass is 494 g/mol. The first-order valence-electron chi connectivity index (χ1n) is 9.92. The van der Waals surface area contributed by atoms with Crippen molar-refractivity contribution >= 4 is 38.9 Å². The van der Waals surface area contributed by atoms with Crippen LogP contribution in [0.3, 0.4) is 0 Å². The zero-order chi connectivity index (χ0) is 23.8. The van der Waals surface area contributed by atoms with Crippen molar-refractivity contribution in [2.75, 3.05) is 22.3 Å². The number of hydrogen-bond acceptors (Lipinski definition) is 3. The van der Waals surface area contributed by atoms with Crippen molar-refractivity contribution in [1.29, 1.82) is 0 Å². The molecule has 0 bridgehead atoms. The third kappa shape index (κ3) is 4.56. The van der Waals surface area contributed by atoms with E-state index in [1.807, 2.05) is 12.1 Å². The number of para-hydroxylation sites is 1. The fourth-order valence-corrected chi connectivity index (χ4v) is 5.38. The molecule has 0 fully saturated rings. The van der Waals surface area contributed by atoms with Crippen LogP contribution in [0.5, 0.6) is 0 Å². The lowest BCUT2D eigenvalue weighted by Crippen LogP contribution is -2.42. The van der Waals surface area contributed by atoms with Gasteiger partial charge in [-0.15, -0.1) is 0 Å². The van der Waals surface area contributed by atoms with Gasteiger partial charge >= 0.3 is 6.18 Å². The molecule has 5 nitrogen and oxygen atoms in total. The number of hydrogen-bond donors (Lipinski definition) is 0. The van der Waals surface area contributed by atoms with Crippen LogP contribution >= 0.6 is 11.6 Å². The number of sulfonamides is 1. The molecule has 0 atom stereocenters. The van der Waals surface area contributed by atoms with Crippen LogP contribution in [-0.4, -0.2) is 27.4 Å². The molecule has 172 valence electrons. The summed E-state index contributed by atoms with van der Waals surface area (Å²) in [6.07, 6.45) is -4.19. The van der Waals surface area contributed by atoms with Gasteiger partial charge in [0.1, 0.15) is 6.54 Å². The van der Waals surface area contributed by atoms with E-state index in [0.717, 1.165) is 17.7 Å². The molecule has 1 heterocycles. The quantitative estimate of drug-likeness (QED) is 0.493. The van der Waals surface area contributed by atoms with E-state index in [0.29, 0.717) is 29.0 Å². The lowest BCUT2D eigenvalue weighted by molar-refractivity contribution is -0.137. The van der Waals surface area contributed by atoms with Gasteiger partial charge in [0, 0.05) is 12.2 Å². The molecule has 0 N–H and O–H groups in total. The molecule has 0 unspecified atom stereocenters. The van der Waals surface area contributed by atoms with Crippen molar-refractivity contribution in [3.05, 3.63) is 88.9 Å². The summed E-state index contributed by atoms with van der Waals surface area (Å²) in [6.45, 7) is -0.323. The molecule has 0 saturated heterocycles. The highest BCUT2D eigenvalue weighted by Crippen LogP contribution is 2.38. The Kier molecular flexibility index (Phi) is 6.11. The van der Waals surface area contributed by atoms with Gasteiger partial charge in [-0.1, -0.05) is 48.0 Å². The fourth-order valence-electron chi connectivity index (χ4n) is 3.73. The van der Waals surface area contributed by atoms with Crippen LogP contribution in [0, 0.1) is 0 Å². The second kappa shape index (κ2) is 8.72. The normalized spacial score (nSPS) is 13.6. The largest absolute Gasteiger partial charge is 0.417 e. The van der Waals surface area contributed by atoms with E-state index < -0.39 is 39.2 Å². The van der Waals surface area contributed by atoms with Gasteiger partial charge < -0.3 is 4.90 Å². The number of amides is 1. The average Bonchev–Trinajstić information content (AvgIpc) is 3.22. The Morgan fingerprint density at radius 2 is 1.67 bits per heavy atom. The van der Waals surface area contributed by atoms with Crippen molar-refractivity contribution in [2.24, 2.45) is 0 Å². The maximum absolute atomic E-state index is 13.5. The van der Waals surface area contributed by atoms with Crippen molar-refractivity contribution in [3.8, 4) is 0 Å². The number of anilines is 2. The summed E-state index contributed by atoms with van der Waals surface area (Å²) in [6, 6.07) is 17.2. The number of nitrogens with zero attached hydrogens (tertiary/aromatic N) is 2. The van der Waals surface area contributed by atoms with Gasteiger partial charge in [0.2, 0.25) is 5.91 Å². The van der Waals surface area contributed by atoms with E-state index in [1.165, 1.54) is 29.2 Å². The molecular formula is C23H18ClF3N2O3S. The first kappa shape index (κ1) is 23.1. The van der Waals surface area contributed by atoms with Crippen LogP contribution in [-0.2, 0) is 27.4 Å². The van der Waals surface area contributed by atoms with Crippen molar-refractivity contribution in [2.45, 2.75) is 17.5 Å². The molecule has 33 heavy (non-hydrogen) atoms. The first-order valence-corrected chi connectivity index (χ1v) is 11.7. The summed E-state index contributed by atoms with van der Waals surface area (Å²) in [5.41, 5.74) is 0.103. The number of alkyl halides is 3. The van der Waals surface area contributed by atoms with E-state index in [4.69, 9.17) is 11.6 Å². The summed E-state index contributed by atoms with van der Waals surface area (Å²) < 4.78 is 67.9. The second-order valence-corrected chi connectivity index (χ2v) is 9.68. The predicted octanol–water partition coefficient (Wildman–Crippen LogP) is 5.14. The molecule has 0 radical (unpaired) electrons. The first-order chi connectivity index (χ1) is 15.6. The Hall–Kier alpha value is -3.04. The van der Waals surface area contributed by atoms with E-state index in [2.05, 4.69) is 0 Å². The third-order valence-electron chi connectivity index (χ3n) is 5.34. The Bertz CT molecular complexity index is 1300. The lowest BCUT2D eigenvalue weighted by atomic mass is 10.2. The molecule has 1 amide bonds.